The highest BCUT2D eigenvalue weighted by molar-refractivity contribution is 5.38. The molecular weight excluding hydrogens is 286 g/mol. The van der Waals surface area contributed by atoms with E-state index in [0.717, 1.165) is 39.1 Å². The van der Waals surface area contributed by atoms with Crippen molar-refractivity contribution in [2.45, 2.75) is 38.8 Å². The van der Waals surface area contributed by atoms with Gasteiger partial charge in [-0.25, -0.2) is 0 Å². The van der Waals surface area contributed by atoms with E-state index in [9.17, 15) is 0 Å². The van der Waals surface area contributed by atoms with Gasteiger partial charge >= 0.3 is 0 Å². The number of nitrogens with one attached hydrogen (secondary N) is 1. The molecule has 0 unspecified atom stereocenters. The maximum atomic E-state index is 5.64. The van der Waals surface area contributed by atoms with E-state index in [4.69, 9.17) is 4.74 Å². The highest BCUT2D eigenvalue weighted by Gasteiger charge is 2.46. The second-order valence-electron chi connectivity index (χ2n) is 7.02. The van der Waals surface area contributed by atoms with Crippen LogP contribution in [-0.4, -0.2) is 29.5 Å². The van der Waals surface area contributed by atoms with Crippen molar-refractivity contribution < 1.29 is 4.74 Å². The van der Waals surface area contributed by atoms with Crippen molar-refractivity contribution in [3.63, 3.8) is 0 Å². The highest BCUT2D eigenvalue weighted by atomic mass is 16.5. The SMILES string of the molecule is Cc1cnn(CCN[C@H]2c3ccccc3CC23CCOCC3)c1. The van der Waals surface area contributed by atoms with E-state index < -0.39 is 0 Å². The molecule has 1 fully saturated rings. The third-order valence-corrected chi connectivity index (χ3v) is 5.46. The quantitative estimate of drug-likeness (QED) is 0.943. The smallest absolute Gasteiger partial charge is 0.0534 e. The predicted octanol–water partition coefficient (Wildman–Crippen LogP) is 2.88. The molecule has 122 valence electrons. The summed E-state index contributed by atoms with van der Waals surface area (Å²) in [6.45, 7) is 5.73. The fraction of sp³-hybridized carbons (Fsp3) is 0.526. The largest absolute Gasteiger partial charge is 0.381 e. The minimum absolute atomic E-state index is 0.335. The van der Waals surface area contributed by atoms with Crippen LogP contribution in [0.25, 0.3) is 0 Å². The molecule has 4 nitrogen and oxygen atoms in total. The lowest BCUT2D eigenvalue weighted by atomic mass is 9.74. The highest BCUT2D eigenvalue weighted by Crippen LogP contribution is 2.51. The number of fused-ring (bicyclic) bond motifs is 1. The van der Waals surface area contributed by atoms with Crippen LogP contribution in [0.2, 0.25) is 0 Å². The Labute approximate surface area is 137 Å². The van der Waals surface area contributed by atoms with Gasteiger partial charge < -0.3 is 10.1 Å². The van der Waals surface area contributed by atoms with Crippen LogP contribution < -0.4 is 5.32 Å². The maximum absolute atomic E-state index is 5.64. The van der Waals surface area contributed by atoms with Gasteiger partial charge in [-0.05, 0) is 48.3 Å². The molecule has 4 heteroatoms. The molecule has 0 radical (unpaired) electrons. The monoisotopic (exact) mass is 311 g/mol. The molecule has 2 heterocycles. The van der Waals surface area contributed by atoms with Crippen molar-refractivity contribution in [2.75, 3.05) is 19.8 Å². The number of benzene rings is 1. The Balaban J connectivity index is 1.50. The number of aryl methyl sites for hydroxylation is 1. The first-order valence-electron chi connectivity index (χ1n) is 8.65. The molecule has 1 atom stereocenters. The normalized spacial score (nSPS) is 22.4. The Morgan fingerprint density at radius 3 is 2.91 bits per heavy atom. The summed E-state index contributed by atoms with van der Waals surface area (Å²) in [6.07, 6.45) is 7.52. The van der Waals surface area contributed by atoms with Crippen LogP contribution in [-0.2, 0) is 17.7 Å². The van der Waals surface area contributed by atoms with Crippen molar-refractivity contribution in [1.82, 2.24) is 15.1 Å². The van der Waals surface area contributed by atoms with Gasteiger partial charge in [-0.3, -0.25) is 4.68 Å². The average Bonchev–Trinajstić information content (AvgIpc) is 3.10. The van der Waals surface area contributed by atoms with Crippen LogP contribution >= 0.6 is 0 Å². The molecule has 1 aromatic carbocycles. The van der Waals surface area contributed by atoms with E-state index in [1.54, 1.807) is 0 Å². The number of rotatable bonds is 4. The fourth-order valence-corrected chi connectivity index (χ4v) is 4.27. The summed E-state index contributed by atoms with van der Waals surface area (Å²) in [4.78, 5) is 0. The molecule has 1 aromatic heterocycles. The Morgan fingerprint density at radius 2 is 2.13 bits per heavy atom. The molecule has 4 rings (SSSR count). The number of aromatic nitrogens is 2. The molecule has 1 aliphatic heterocycles. The molecule has 0 saturated carbocycles. The first-order chi connectivity index (χ1) is 11.3. The van der Waals surface area contributed by atoms with Gasteiger partial charge in [-0.1, -0.05) is 24.3 Å². The number of ether oxygens (including phenoxy) is 1. The Kier molecular flexibility index (Phi) is 3.95. The zero-order chi connectivity index (χ0) is 15.7. The van der Waals surface area contributed by atoms with Gasteiger partial charge in [0.1, 0.15) is 0 Å². The van der Waals surface area contributed by atoms with Crippen molar-refractivity contribution >= 4 is 0 Å². The Bertz CT molecular complexity index is 673. The summed E-state index contributed by atoms with van der Waals surface area (Å²) in [5, 5.41) is 8.22. The lowest BCUT2D eigenvalue weighted by Gasteiger charge is -2.39. The topological polar surface area (TPSA) is 39.1 Å². The number of nitrogens with zero attached hydrogens (tertiary/aromatic N) is 2. The van der Waals surface area contributed by atoms with Gasteiger partial charge in [-0.15, -0.1) is 0 Å². The summed E-state index contributed by atoms with van der Waals surface area (Å²) in [5.41, 5.74) is 4.56. The van der Waals surface area contributed by atoms with Crippen LogP contribution in [0.15, 0.2) is 36.7 Å². The lowest BCUT2D eigenvalue weighted by Crippen LogP contribution is -2.41. The molecule has 1 N–H and O–H groups in total. The summed E-state index contributed by atoms with van der Waals surface area (Å²) < 4.78 is 7.67. The van der Waals surface area contributed by atoms with E-state index in [2.05, 4.69) is 47.8 Å². The van der Waals surface area contributed by atoms with Crippen molar-refractivity contribution in [3.8, 4) is 0 Å². The van der Waals surface area contributed by atoms with Gasteiger partial charge in [0.25, 0.3) is 0 Å². The van der Waals surface area contributed by atoms with E-state index in [0.29, 0.717) is 11.5 Å². The van der Waals surface area contributed by atoms with Gasteiger partial charge in [0, 0.05) is 32.0 Å². The standard InChI is InChI=1S/C19H25N3O/c1-15-13-21-22(14-15)9-8-20-18-17-5-3-2-4-16(17)12-19(18)6-10-23-11-7-19/h2-5,13-14,18,20H,6-12H2,1H3/t18-/m0/s1. The molecule has 1 saturated heterocycles. The van der Waals surface area contributed by atoms with Crippen molar-refractivity contribution in [1.29, 1.82) is 0 Å². The molecule has 1 aliphatic carbocycles. The van der Waals surface area contributed by atoms with Crippen LogP contribution in [0.3, 0.4) is 0 Å². The summed E-state index contributed by atoms with van der Waals surface area (Å²) >= 11 is 0. The number of hydrogen-bond donors (Lipinski definition) is 1. The average molecular weight is 311 g/mol. The van der Waals surface area contributed by atoms with Gasteiger partial charge in [0.15, 0.2) is 0 Å². The lowest BCUT2D eigenvalue weighted by molar-refractivity contribution is -0.000000627. The second kappa shape index (κ2) is 6.10. The van der Waals surface area contributed by atoms with Gasteiger partial charge in [0.2, 0.25) is 0 Å². The third kappa shape index (κ3) is 2.81. The van der Waals surface area contributed by atoms with E-state index in [1.807, 2.05) is 10.9 Å². The van der Waals surface area contributed by atoms with Crippen molar-refractivity contribution in [2.24, 2.45) is 5.41 Å². The van der Waals surface area contributed by atoms with E-state index in [1.165, 1.54) is 23.1 Å². The second-order valence-corrected chi connectivity index (χ2v) is 7.02. The number of hydrogen-bond acceptors (Lipinski definition) is 3. The maximum Gasteiger partial charge on any atom is 0.0534 e. The molecular formula is C19H25N3O. The third-order valence-electron chi connectivity index (χ3n) is 5.46. The molecule has 23 heavy (non-hydrogen) atoms. The molecule has 2 aliphatic rings. The van der Waals surface area contributed by atoms with E-state index in [-0.39, 0.29) is 0 Å². The predicted molar refractivity (Wildman–Crippen MR) is 90.3 cm³/mol. The summed E-state index contributed by atoms with van der Waals surface area (Å²) in [7, 11) is 0. The first kappa shape index (κ1) is 14.9. The summed E-state index contributed by atoms with van der Waals surface area (Å²) in [6, 6.07) is 9.38. The minimum atomic E-state index is 0.335. The molecule has 0 bridgehead atoms. The molecule has 0 amide bonds. The minimum Gasteiger partial charge on any atom is -0.381 e. The zero-order valence-corrected chi connectivity index (χ0v) is 13.8. The van der Waals surface area contributed by atoms with Crippen molar-refractivity contribution in [3.05, 3.63) is 53.3 Å². The van der Waals surface area contributed by atoms with Crippen LogP contribution in [0.1, 0.15) is 35.6 Å². The summed E-state index contributed by atoms with van der Waals surface area (Å²) in [5.74, 6) is 0. The molecule has 1 spiro atoms. The Morgan fingerprint density at radius 1 is 1.30 bits per heavy atom. The van der Waals surface area contributed by atoms with Gasteiger partial charge in [0.05, 0.1) is 12.7 Å². The Hall–Kier alpha value is -1.65. The van der Waals surface area contributed by atoms with Crippen LogP contribution in [0.4, 0.5) is 0 Å². The van der Waals surface area contributed by atoms with Gasteiger partial charge in [-0.2, -0.15) is 5.10 Å². The molecule has 2 aromatic rings. The fourth-order valence-electron chi connectivity index (χ4n) is 4.27. The van der Waals surface area contributed by atoms with Crippen LogP contribution in [0.5, 0.6) is 0 Å². The van der Waals surface area contributed by atoms with Crippen LogP contribution in [0, 0.1) is 12.3 Å². The zero-order valence-electron chi connectivity index (χ0n) is 13.8. The van der Waals surface area contributed by atoms with E-state index >= 15 is 0 Å². The first-order valence-corrected chi connectivity index (χ1v) is 8.65.